The van der Waals surface area contributed by atoms with Crippen molar-refractivity contribution in [1.82, 2.24) is 14.9 Å². The summed E-state index contributed by atoms with van der Waals surface area (Å²) in [5, 5.41) is 15.0. The molecule has 1 heterocycles. The Labute approximate surface area is 119 Å². The quantitative estimate of drug-likeness (QED) is 0.578. The van der Waals surface area contributed by atoms with Crippen LogP contribution in [-0.2, 0) is 6.18 Å². The molecule has 0 aliphatic heterocycles. The van der Waals surface area contributed by atoms with Gasteiger partial charge in [-0.25, -0.2) is 9.47 Å². The molecule has 0 radical (unpaired) electrons. The zero-order valence-electron chi connectivity index (χ0n) is 10.1. The van der Waals surface area contributed by atoms with E-state index in [1.807, 2.05) is 0 Å². The third kappa shape index (κ3) is 3.02. The summed E-state index contributed by atoms with van der Waals surface area (Å²) >= 11 is 0.643. The number of anilines is 1. The van der Waals surface area contributed by atoms with Gasteiger partial charge < -0.3 is 16.7 Å². The monoisotopic (exact) mass is 319 g/mol. The fourth-order valence-corrected chi connectivity index (χ4v) is 2.30. The Morgan fingerprint density at radius 3 is 2.52 bits per heavy atom. The number of halogens is 3. The zero-order valence-corrected chi connectivity index (χ0v) is 10.9. The number of rotatable bonds is 3. The van der Waals surface area contributed by atoms with Gasteiger partial charge in [0.15, 0.2) is 0 Å². The summed E-state index contributed by atoms with van der Waals surface area (Å²) in [7, 11) is 0. The number of carboxylic acid groups (broad SMARTS) is 1. The Balaban J connectivity index is 2.40. The van der Waals surface area contributed by atoms with Gasteiger partial charge in [0.1, 0.15) is 0 Å². The van der Waals surface area contributed by atoms with Crippen LogP contribution in [0.5, 0.6) is 0 Å². The molecule has 0 saturated heterocycles. The largest absolute Gasteiger partial charge is 0.478 e. The van der Waals surface area contributed by atoms with E-state index >= 15 is 0 Å². The lowest BCUT2D eigenvalue weighted by molar-refractivity contribution is -0.146. The van der Waals surface area contributed by atoms with Crippen molar-refractivity contribution in [3.63, 3.8) is 0 Å². The fourth-order valence-electron chi connectivity index (χ4n) is 1.44. The molecule has 5 N–H and O–H groups in total. The van der Waals surface area contributed by atoms with Gasteiger partial charge in [-0.1, -0.05) is 0 Å². The molecule has 0 unspecified atom stereocenters. The molecule has 11 heteroatoms. The molecule has 0 fully saturated rings. The first-order valence-electron chi connectivity index (χ1n) is 5.28. The van der Waals surface area contributed by atoms with Crippen LogP contribution in [0, 0.1) is 0 Å². The van der Waals surface area contributed by atoms with E-state index in [1.54, 1.807) is 0 Å². The zero-order chi connectivity index (χ0) is 15.8. The third-order valence-corrected chi connectivity index (χ3v) is 3.39. The highest BCUT2D eigenvalue weighted by Gasteiger charge is 2.38. The Morgan fingerprint density at radius 1 is 1.33 bits per heavy atom. The maximum absolute atomic E-state index is 12.5. The predicted octanol–water partition coefficient (Wildman–Crippen LogP) is 1.44. The molecule has 112 valence electrons. The number of hydrogen-bond acceptors (Lipinski definition) is 6. The maximum atomic E-state index is 12.5. The molecule has 21 heavy (non-hydrogen) atoms. The molecule has 2 rings (SSSR count). The number of nitrogen functional groups attached to an aromatic ring is 2. The van der Waals surface area contributed by atoms with Crippen molar-refractivity contribution in [2.75, 3.05) is 11.6 Å². The molecule has 7 nitrogen and oxygen atoms in total. The van der Waals surface area contributed by atoms with Gasteiger partial charge in [0.2, 0.25) is 5.16 Å². The molecular weight excluding hydrogens is 311 g/mol. The highest BCUT2D eigenvalue weighted by Crippen LogP contribution is 2.33. The van der Waals surface area contributed by atoms with E-state index in [1.165, 1.54) is 18.2 Å². The topological polar surface area (TPSA) is 120 Å². The number of aromatic nitrogens is 3. The van der Waals surface area contributed by atoms with Crippen molar-refractivity contribution in [3.8, 4) is 0 Å². The van der Waals surface area contributed by atoms with Crippen LogP contribution in [0.2, 0.25) is 0 Å². The van der Waals surface area contributed by atoms with Gasteiger partial charge in [-0.2, -0.15) is 13.2 Å². The molecule has 1 aromatic heterocycles. The van der Waals surface area contributed by atoms with Gasteiger partial charge >= 0.3 is 12.1 Å². The number of nitrogens with zero attached hydrogens (tertiary/aromatic N) is 3. The van der Waals surface area contributed by atoms with Crippen LogP contribution in [0.4, 0.5) is 18.9 Å². The summed E-state index contributed by atoms with van der Waals surface area (Å²) in [4.78, 5) is 11.2. The highest BCUT2D eigenvalue weighted by molar-refractivity contribution is 7.99. The van der Waals surface area contributed by atoms with E-state index < -0.39 is 18.0 Å². The summed E-state index contributed by atoms with van der Waals surface area (Å²) in [6, 6.07) is 3.95. The van der Waals surface area contributed by atoms with E-state index in [0.717, 1.165) is 0 Å². The van der Waals surface area contributed by atoms with Crippen LogP contribution in [0.15, 0.2) is 28.3 Å². The standard InChI is InChI=1S/C10H8F3N5O2S/c11-10(12,13)8-16-17-9(18(8)15)21-6-2-1-4(14)3-5(6)7(19)20/h1-3H,14-15H2,(H,19,20). The Hall–Kier alpha value is -2.43. The number of carbonyl (C=O) groups is 1. The summed E-state index contributed by atoms with van der Waals surface area (Å²) in [5.74, 6) is 2.62. The lowest BCUT2D eigenvalue weighted by Gasteiger charge is -2.08. The number of nitrogens with two attached hydrogens (primary N) is 2. The average molecular weight is 319 g/mol. The summed E-state index contributed by atoms with van der Waals surface area (Å²) in [6.07, 6.45) is -4.75. The van der Waals surface area contributed by atoms with Crippen LogP contribution in [0.3, 0.4) is 0 Å². The number of hydrogen-bond donors (Lipinski definition) is 3. The molecule has 0 bridgehead atoms. The van der Waals surface area contributed by atoms with Crippen LogP contribution in [0.25, 0.3) is 0 Å². The molecule has 0 amide bonds. The number of benzene rings is 1. The van der Waals surface area contributed by atoms with E-state index in [-0.39, 0.29) is 26.0 Å². The summed E-state index contributed by atoms with van der Waals surface area (Å²) in [6.45, 7) is 0. The van der Waals surface area contributed by atoms with Crippen LogP contribution in [-0.4, -0.2) is 25.9 Å². The number of aromatic carboxylic acids is 1. The number of carboxylic acids is 1. The van der Waals surface area contributed by atoms with E-state index in [0.29, 0.717) is 11.8 Å². The van der Waals surface area contributed by atoms with Crippen molar-refractivity contribution >= 4 is 23.4 Å². The minimum Gasteiger partial charge on any atom is -0.478 e. The molecule has 0 aliphatic rings. The molecule has 2 aromatic rings. The normalized spacial score (nSPS) is 11.6. The summed E-state index contributed by atoms with van der Waals surface area (Å²) in [5.41, 5.74) is 5.51. The van der Waals surface area contributed by atoms with Gasteiger partial charge in [0, 0.05) is 10.6 Å². The van der Waals surface area contributed by atoms with E-state index in [9.17, 15) is 18.0 Å². The van der Waals surface area contributed by atoms with Crippen molar-refractivity contribution in [3.05, 3.63) is 29.6 Å². The lowest BCUT2D eigenvalue weighted by atomic mass is 10.2. The second kappa shape index (κ2) is 5.16. The van der Waals surface area contributed by atoms with E-state index in [2.05, 4.69) is 10.2 Å². The van der Waals surface area contributed by atoms with Gasteiger partial charge in [-0.15, -0.1) is 10.2 Å². The minimum atomic E-state index is -4.75. The van der Waals surface area contributed by atoms with Gasteiger partial charge in [0.05, 0.1) is 5.56 Å². The lowest BCUT2D eigenvalue weighted by Crippen LogP contribution is -2.21. The van der Waals surface area contributed by atoms with E-state index in [4.69, 9.17) is 16.7 Å². The van der Waals surface area contributed by atoms with Gasteiger partial charge in [-0.05, 0) is 30.0 Å². The first-order valence-corrected chi connectivity index (χ1v) is 6.10. The van der Waals surface area contributed by atoms with Crippen molar-refractivity contribution in [2.24, 2.45) is 0 Å². The maximum Gasteiger partial charge on any atom is 0.453 e. The van der Waals surface area contributed by atoms with Crippen LogP contribution >= 0.6 is 11.8 Å². The van der Waals surface area contributed by atoms with Crippen LogP contribution in [0.1, 0.15) is 16.2 Å². The number of alkyl halides is 3. The van der Waals surface area contributed by atoms with Crippen molar-refractivity contribution in [1.29, 1.82) is 0 Å². The van der Waals surface area contributed by atoms with Gasteiger partial charge in [-0.3, -0.25) is 0 Å². The smallest absolute Gasteiger partial charge is 0.453 e. The van der Waals surface area contributed by atoms with Gasteiger partial charge in [0.25, 0.3) is 5.82 Å². The minimum absolute atomic E-state index is 0.143. The molecule has 1 aromatic carbocycles. The SMILES string of the molecule is Nc1ccc(Sc2nnc(C(F)(F)F)n2N)c(C(=O)O)c1. The van der Waals surface area contributed by atoms with Crippen molar-refractivity contribution in [2.45, 2.75) is 16.2 Å². The van der Waals surface area contributed by atoms with Crippen LogP contribution < -0.4 is 11.6 Å². The highest BCUT2D eigenvalue weighted by atomic mass is 32.2. The average Bonchev–Trinajstić information content (AvgIpc) is 2.72. The second-order valence-electron chi connectivity index (χ2n) is 3.84. The molecule has 0 atom stereocenters. The molecule has 0 aliphatic carbocycles. The Morgan fingerprint density at radius 2 is 2.00 bits per heavy atom. The first-order chi connectivity index (χ1) is 9.70. The predicted molar refractivity (Wildman–Crippen MR) is 67.1 cm³/mol. The first kappa shape index (κ1) is 15.0. The summed E-state index contributed by atoms with van der Waals surface area (Å²) < 4.78 is 37.9. The third-order valence-electron chi connectivity index (χ3n) is 2.35. The fraction of sp³-hybridized carbons (Fsp3) is 0.100. The molecular formula is C10H8F3N5O2S. The second-order valence-corrected chi connectivity index (χ2v) is 4.85. The Bertz CT molecular complexity index is 700. The molecule has 0 saturated carbocycles. The van der Waals surface area contributed by atoms with Crippen molar-refractivity contribution < 1.29 is 23.1 Å². The molecule has 0 spiro atoms. The Kier molecular flexibility index (Phi) is 3.68.